The Hall–Kier alpha value is -2.51. The van der Waals surface area contributed by atoms with Gasteiger partial charge in [0.05, 0.1) is 5.69 Å². The molecule has 4 aromatic rings. The Morgan fingerprint density at radius 1 is 1.08 bits per heavy atom. The van der Waals surface area contributed by atoms with Gasteiger partial charge in [-0.05, 0) is 24.3 Å². The quantitative estimate of drug-likeness (QED) is 0.553. The zero-order chi connectivity index (χ0) is 16.5. The SMILES string of the molecule is O=C(Nc1nc2scc(-c3ccccc3)n2n1)c1ccc(Br)cc1. The van der Waals surface area contributed by atoms with Crippen LogP contribution in [0.15, 0.2) is 64.5 Å². The molecule has 2 aromatic heterocycles. The van der Waals surface area contributed by atoms with Gasteiger partial charge in [-0.2, -0.15) is 4.98 Å². The van der Waals surface area contributed by atoms with Gasteiger partial charge in [0.15, 0.2) is 0 Å². The standard InChI is InChI=1S/C17H11BrN4OS/c18-13-8-6-12(7-9-13)15(23)19-16-20-17-22(21-16)14(10-24-17)11-4-2-1-3-5-11/h1-10H,(H,19,21,23). The van der Waals surface area contributed by atoms with E-state index in [1.807, 2.05) is 47.8 Å². The van der Waals surface area contributed by atoms with Crippen LogP contribution in [0.3, 0.4) is 0 Å². The maximum Gasteiger partial charge on any atom is 0.258 e. The summed E-state index contributed by atoms with van der Waals surface area (Å²) in [5.74, 6) is 0.0639. The van der Waals surface area contributed by atoms with Gasteiger partial charge in [0.1, 0.15) is 0 Å². The Kier molecular flexibility index (Phi) is 3.87. The van der Waals surface area contributed by atoms with Crippen LogP contribution < -0.4 is 5.32 Å². The number of nitrogens with one attached hydrogen (secondary N) is 1. The lowest BCUT2D eigenvalue weighted by molar-refractivity contribution is 0.102. The van der Waals surface area contributed by atoms with Crippen molar-refractivity contribution in [2.45, 2.75) is 0 Å². The van der Waals surface area contributed by atoms with E-state index < -0.39 is 0 Å². The number of benzene rings is 2. The second-order valence-corrected chi connectivity index (χ2v) is 6.83. The van der Waals surface area contributed by atoms with Crippen molar-refractivity contribution in [2.75, 3.05) is 5.32 Å². The molecule has 0 unspecified atom stereocenters. The second kappa shape index (κ2) is 6.18. The molecule has 0 atom stereocenters. The molecule has 0 spiro atoms. The number of anilines is 1. The number of carbonyl (C=O) groups excluding carboxylic acids is 1. The summed E-state index contributed by atoms with van der Waals surface area (Å²) in [6.45, 7) is 0. The van der Waals surface area contributed by atoms with Crippen molar-refractivity contribution in [3.05, 3.63) is 70.0 Å². The first-order valence-corrected chi connectivity index (χ1v) is 8.84. The average Bonchev–Trinajstić information content (AvgIpc) is 3.16. The first kappa shape index (κ1) is 15.0. The minimum Gasteiger partial charge on any atom is -0.289 e. The van der Waals surface area contributed by atoms with Crippen molar-refractivity contribution in [2.24, 2.45) is 0 Å². The molecule has 0 saturated heterocycles. The fraction of sp³-hybridized carbons (Fsp3) is 0. The normalized spacial score (nSPS) is 10.9. The highest BCUT2D eigenvalue weighted by atomic mass is 79.9. The van der Waals surface area contributed by atoms with Crippen molar-refractivity contribution in [1.82, 2.24) is 14.6 Å². The van der Waals surface area contributed by atoms with Crippen molar-refractivity contribution in [1.29, 1.82) is 0 Å². The molecule has 2 aromatic carbocycles. The van der Waals surface area contributed by atoms with Crippen LogP contribution in [-0.2, 0) is 0 Å². The minimum atomic E-state index is -0.234. The van der Waals surface area contributed by atoms with Crippen molar-refractivity contribution in [3.63, 3.8) is 0 Å². The van der Waals surface area contributed by atoms with E-state index in [4.69, 9.17) is 0 Å². The van der Waals surface area contributed by atoms with Gasteiger partial charge in [-0.15, -0.1) is 16.4 Å². The summed E-state index contributed by atoms with van der Waals surface area (Å²) in [5.41, 5.74) is 2.56. The molecular weight excluding hydrogens is 388 g/mol. The number of amides is 1. The number of thiazole rings is 1. The van der Waals surface area contributed by atoms with Crippen molar-refractivity contribution >= 4 is 44.1 Å². The van der Waals surface area contributed by atoms with Crippen LogP contribution in [-0.4, -0.2) is 20.5 Å². The van der Waals surface area contributed by atoms with Crippen molar-refractivity contribution in [3.8, 4) is 11.3 Å². The Bertz CT molecular complexity index is 1010. The summed E-state index contributed by atoms with van der Waals surface area (Å²) in [7, 11) is 0. The third-order valence-electron chi connectivity index (χ3n) is 3.48. The van der Waals surface area contributed by atoms with Gasteiger partial charge < -0.3 is 0 Å². The molecule has 0 aliphatic heterocycles. The highest BCUT2D eigenvalue weighted by Gasteiger charge is 2.14. The summed E-state index contributed by atoms with van der Waals surface area (Å²) < 4.78 is 2.67. The molecule has 0 aliphatic carbocycles. The van der Waals surface area contributed by atoms with Gasteiger partial charge in [-0.3, -0.25) is 10.1 Å². The molecular formula is C17H11BrN4OS. The highest BCUT2D eigenvalue weighted by Crippen LogP contribution is 2.25. The van der Waals surface area contributed by atoms with Crippen LogP contribution in [0.5, 0.6) is 0 Å². The van der Waals surface area contributed by atoms with Gasteiger partial charge in [0.2, 0.25) is 4.96 Å². The Balaban J connectivity index is 1.63. The monoisotopic (exact) mass is 398 g/mol. The van der Waals surface area contributed by atoms with E-state index in [9.17, 15) is 4.79 Å². The second-order valence-electron chi connectivity index (χ2n) is 5.08. The van der Waals surface area contributed by atoms with E-state index >= 15 is 0 Å². The molecule has 118 valence electrons. The van der Waals surface area contributed by atoms with E-state index in [2.05, 4.69) is 31.3 Å². The number of nitrogens with zero attached hydrogens (tertiary/aromatic N) is 3. The van der Waals surface area contributed by atoms with E-state index in [1.165, 1.54) is 11.3 Å². The predicted octanol–water partition coefficient (Wildman–Crippen LogP) is 4.47. The molecule has 1 amide bonds. The summed E-state index contributed by atoms with van der Waals surface area (Å²) in [5, 5.41) is 9.15. The van der Waals surface area contributed by atoms with E-state index in [-0.39, 0.29) is 5.91 Å². The Labute approximate surface area is 150 Å². The summed E-state index contributed by atoms with van der Waals surface area (Å²) in [6, 6.07) is 17.1. The molecule has 1 N–H and O–H groups in total. The number of aromatic nitrogens is 3. The lowest BCUT2D eigenvalue weighted by Gasteiger charge is -2.01. The number of carbonyl (C=O) groups is 1. The molecule has 0 aliphatic rings. The Morgan fingerprint density at radius 3 is 2.58 bits per heavy atom. The van der Waals surface area contributed by atoms with E-state index in [0.717, 1.165) is 20.7 Å². The maximum atomic E-state index is 12.3. The summed E-state index contributed by atoms with van der Waals surface area (Å²) >= 11 is 4.84. The smallest absolute Gasteiger partial charge is 0.258 e. The summed E-state index contributed by atoms with van der Waals surface area (Å²) in [6.07, 6.45) is 0. The highest BCUT2D eigenvalue weighted by molar-refractivity contribution is 9.10. The molecule has 7 heteroatoms. The number of hydrogen-bond donors (Lipinski definition) is 1. The van der Waals surface area contributed by atoms with E-state index in [1.54, 1.807) is 16.6 Å². The average molecular weight is 399 g/mol. The topological polar surface area (TPSA) is 59.3 Å². The predicted molar refractivity (Wildman–Crippen MR) is 98.4 cm³/mol. The molecule has 5 nitrogen and oxygen atoms in total. The lowest BCUT2D eigenvalue weighted by atomic mass is 10.2. The molecule has 0 radical (unpaired) electrons. The third-order valence-corrected chi connectivity index (χ3v) is 4.83. The van der Waals surface area contributed by atoms with Crippen LogP contribution in [0, 0.1) is 0 Å². The van der Waals surface area contributed by atoms with E-state index in [0.29, 0.717) is 11.5 Å². The summed E-state index contributed by atoms with van der Waals surface area (Å²) in [4.78, 5) is 17.4. The molecule has 24 heavy (non-hydrogen) atoms. The first-order valence-electron chi connectivity index (χ1n) is 7.17. The van der Waals surface area contributed by atoms with Gasteiger partial charge in [-0.25, -0.2) is 4.52 Å². The number of hydrogen-bond acceptors (Lipinski definition) is 4. The van der Waals surface area contributed by atoms with Gasteiger partial charge in [0.25, 0.3) is 11.9 Å². The third kappa shape index (κ3) is 2.83. The van der Waals surface area contributed by atoms with Crippen molar-refractivity contribution < 1.29 is 4.79 Å². The molecule has 0 bridgehead atoms. The number of rotatable bonds is 3. The van der Waals surface area contributed by atoms with Crippen LogP contribution in [0.25, 0.3) is 16.2 Å². The lowest BCUT2D eigenvalue weighted by Crippen LogP contribution is -2.13. The van der Waals surface area contributed by atoms with Gasteiger partial charge in [0, 0.05) is 21.0 Å². The minimum absolute atomic E-state index is 0.234. The van der Waals surface area contributed by atoms with Gasteiger partial charge >= 0.3 is 0 Å². The van der Waals surface area contributed by atoms with Crippen LogP contribution >= 0.6 is 27.3 Å². The fourth-order valence-corrected chi connectivity index (χ4v) is 3.41. The first-order chi connectivity index (χ1) is 11.7. The zero-order valence-corrected chi connectivity index (χ0v) is 14.7. The molecule has 4 rings (SSSR count). The van der Waals surface area contributed by atoms with Crippen LogP contribution in [0.2, 0.25) is 0 Å². The fourth-order valence-electron chi connectivity index (χ4n) is 2.32. The number of fused-ring (bicyclic) bond motifs is 1. The molecule has 2 heterocycles. The molecule has 0 fully saturated rings. The molecule has 0 saturated carbocycles. The maximum absolute atomic E-state index is 12.3. The zero-order valence-electron chi connectivity index (χ0n) is 12.3. The van der Waals surface area contributed by atoms with Crippen LogP contribution in [0.1, 0.15) is 10.4 Å². The largest absolute Gasteiger partial charge is 0.289 e. The van der Waals surface area contributed by atoms with Crippen LogP contribution in [0.4, 0.5) is 5.95 Å². The Morgan fingerprint density at radius 2 is 1.83 bits per heavy atom. The number of halogens is 1. The van der Waals surface area contributed by atoms with Gasteiger partial charge in [-0.1, -0.05) is 46.3 Å².